The van der Waals surface area contributed by atoms with Gasteiger partial charge in [0.1, 0.15) is 11.9 Å². The van der Waals surface area contributed by atoms with Crippen molar-refractivity contribution in [2.24, 2.45) is 0 Å². The van der Waals surface area contributed by atoms with E-state index in [2.05, 4.69) is 4.74 Å². The maximum atomic E-state index is 13.4. The van der Waals surface area contributed by atoms with Gasteiger partial charge in [-0.3, -0.25) is 0 Å². The van der Waals surface area contributed by atoms with Crippen molar-refractivity contribution >= 4 is 6.09 Å². The molecule has 86 valence electrons. The molecule has 1 aromatic carbocycles. The maximum absolute atomic E-state index is 13.4. The van der Waals surface area contributed by atoms with Gasteiger partial charge in [-0.1, -0.05) is 12.1 Å². The van der Waals surface area contributed by atoms with E-state index in [1.807, 2.05) is 5.32 Å². The third-order valence-corrected chi connectivity index (χ3v) is 2.28. The first-order chi connectivity index (χ1) is 7.49. The quantitative estimate of drug-likeness (QED) is 0.804. The highest BCUT2D eigenvalue weighted by Gasteiger charge is 2.46. The van der Waals surface area contributed by atoms with Crippen LogP contribution in [-0.2, 0) is 4.74 Å². The molecule has 0 unspecified atom stereocenters. The van der Waals surface area contributed by atoms with E-state index < -0.39 is 30.5 Å². The molecule has 1 atom stereocenters. The number of carbonyl (C=O) groups is 1. The van der Waals surface area contributed by atoms with Crippen molar-refractivity contribution < 1.29 is 22.7 Å². The predicted octanol–water partition coefficient (Wildman–Crippen LogP) is 2.24. The van der Waals surface area contributed by atoms with Crippen molar-refractivity contribution in [2.75, 3.05) is 6.61 Å². The van der Waals surface area contributed by atoms with Gasteiger partial charge in [-0.15, -0.1) is 0 Å². The minimum Gasteiger partial charge on any atom is -0.443 e. The van der Waals surface area contributed by atoms with Gasteiger partial charge in [-0.2, -0.15) is 0 Å². The van der Waals surface area contributed by atoms with E-state index in [-0.39, 0.29) is 5.56 Å². The van der Waals surface area contributed by atoms with Crippen LogP contribution >= 0.6 is 0 Å². The number of benzene rings is 1. The zero-order valence-electron chi connectivity index (χ0n) is 8.04. The summed E-state index contributed by atoms with van der Waals surface area (Å²) < 4.78 is 43.6. The van der Waals surface area contributed by atoms with Crippen LogP contribution in [0.15, 0.2) is 24.3 Å². The van der Waals surface area contributed by atoms with Gasteiger partial charge in [0, 0.05) is 0 Å². The lowest BCUT2D eigenvalue weighted by Crippen LogP contribution is -2.49. The van der Waals surface area contributed by atoms with E-state index in [1.54, 1.807) is 0 Å². The Morgan fingerprint density at radius 2 is 1.94 bits per heavy atom. The van der Waals surface area contributed by atoms with Gasteiger partial charge in [-0.25, -0.2) is 18.0 Å². The Balaban J connectivity index is 2.30. The normalized spacial score (nSPS) is 23.4. The topological polar surface area (TPSA) is 38.3 Å². The summed E-state index contributed by atoms with van der Waals surface area (Å²) in [6.45, 7) is -0.971. The number of amides is 1. The van der Waals surface area contributed by atoms with E-state index in [4.69, 9.17) is 0 Å². The smallest absolute Gasteiger partial charge is 0.408 e. The molecule has 1 N–H and O–H groups in total. The van der Waals surface area contributed by atoms with E-state index >= 15 is 0 Å². The number of alkyl carbamates (subject to hydrolysis) is 1. The van der Waals surface area contributed by atoms with Crippen LogP contribution in [0.4, 0.5) is 18.0 Å². The van der Waals surface area contributed by atoms with Gasteiger partial charge in [0.15, 0.2) is 6.61 Å². The fourth-order valence-electron chi connectivity index (χ4n) is 1.49. The molecular weight excluding hydrogens is 223 g/mol. The second-order valence-corrected chi connectivity index (χ2v) is 3.47. The summed E-state index contributed by atoms with van der Waals surface area (Å²) >= 11 is 0. The molecule has 1 aromatic rings. The van der Waals surface area contributed by atoms with Gasteiger partial charge in [0.05, 0.1) is 0 Å². The molecular formula is C10H8F3NO2. The summed E-state index contributed by atoms with van der Waals surface area (Å²) in [6, 6.07) is 3.06. The zero-order valence-corrected chi connectivity index (χ0v) is 8.04. The molecule has 1 fully saturated rings. The van der Waals surface area contributed by atoms with Gasteiger partial charge < -0.3 is 10.1 Å². The van der Waals surface area contributed by atoms with Crippen LogP contribution in [-0.4, -0.2) is 18.6 Å². The van der Waals surface area contributed by atoms with Crippen molar-refractivity contribution in [3.63, 3.8) is 0 Å². The number of alkyl halides is 2. The number of nitrogens with one attached hydrogen (secondary N) is 1. The first-order valence-corrected chi connectivity index (χ1v) is 4.55. The lowest BCUT2D eigenvalue weighted by atomic mass is 10.0. The predicted molar refractivity (Wildman–Crippen MR) is 48.6 cm³/mol. The third-order valence-electron chi connectivity index (χ3n) is 2.28. The van der Waals surface area contributed by atoms with Gasteiger partial charge in [-0.05, 0) is 17.7 Å². The Morgan fingerprint density at radius 1 is 1.31 bits per heavy atom. The van der Waals surface area contributed by atoms with Crippen molar-refractivity contribution in [3.05, 3.63) is 35.6 Å². The van der Waals surface area contributed by atoms with Crippen LogP contribution in [0.1, 0.15) is 11.6 Å². The first kappa shape index (κ1) is 10.8. The summed E-state index contributed by atoms with van der Waals surface area (Å²) in [5.41, 5.74) is 0.142. The SMILES string of the molecule is O=C1N[C@@H](c2ccc(F)cc2)C(F)(F)CO1. The second kappa shape index (κ2) is 3.70. The molecule has 0 aromatic heterocycles. The Bertz CT molecular complexity index is 405. The lowest BCUT2D eigenvalue weighted by Gasteiger charge is -2.31. The van der Waals surface area contributed by atoms with Crippen LogP contribution in [0.2, 0.25) is 0 Å². The molecule has 0 saturated carbocycles. The van der Waals surface area contributed by atoms with Gasteiger partial charge in [0.25, 0.3) is 0 Å². The molecule has 1 aliphatic heterocycles. The van der Waals surface area contributed by atoms with Crippen LogP contribution < -0.4 is 5.32 Å². The molecule has 0 aliphatic carbocycles. The molecule has 0 spiro atoms. The standard InChI is InChI=1S/C10H8F3NO2/c11-7-3-1-6(2-4-7)8-10(12,13)5-16-9(15)14-8/h1-4,8H,5H2,(H,14,15)/t8-/m0/s1. The Kier molecular flexibility index (Phi) is 2.49. The van der Waals surface area contributed by atoms with Crippen molar-refractivity contribution in [1.82, 2.24) is 5.32 Å². The Morgan fingerprint density at radius 3 is 2.56 bits per heavy atom. The molecule has 3 nitrogen and oxygen atoms in total. The number of carbonyl (C=O) groups excluding carboxylic acids is 1. The highest BCUT2D eigenvalue weighted by molar-refractivity contribution is 5.69. The fraction of sp³-hybridized carbons (Fsp3) is 0.300. The number of cyclic esters (lactones) is 1. The molecule has 1 amide bonds. The average molecular weight is 231 g/mol. The molecule has 6 heteroatoms. The van der Waals surface area contributed by atoms with Crippen molar-refractivity contribution in [3.8, 4) is 0 Å². The fourth-order valence-corrected chi connectivity index (χ4v) is 1.49. The van der Waals surface area contributed by atoms with E-state index in [0.717, 1.165) is 12.1 Å². The third kappa shape index (κ3) is 1.95. The first-order valence-electron chi connectivity index (χ1n) is 4.55. The summed E-state index contributed by atoms with van der Waals surface area (Å²) in [5, 5.41) is 2.01. The number of rotatable bonds is 1. The van der Waals surface area contributed by atoms with E-state index in [0.29, 0.717) is 0 Å². The summed E-state index contributed by atoms with van der Waals surface area (Å²) in [5.74, 6) is -3.73. The van der Waals surface area contributed by atoms with Crippen LogP contribution in [0.25, 0.3) is 0 Å². The van der Waals surface area contributed by atoms with Gasteiger partial charge >= 0.3 is 12.0 Å². The van der Waals surface area contributed by atoms with Crippen LogP contribution in [0.3, 0.4) is 0 Å². The average Bonchev–Trinajstić information content (AvgIpc) is 2.23. The number of halogens is 3. The summed E-state index contributed by atoms with van der Waals surface area (Å²) in [4.78, 5) is 10.9. The molecule has 1 saturated heterocycles. The molecule has 0 radical (unpaired) electrons. The van der Waals surface area contributed by atoms with Crippen molar-refractivity contribution in [2.45, 2.75) is 12.0 Å². The maximum Gasteiger partial charge on any atom is 0.408 e. The monoisotopic (exact) mass is 231 g/mol. The largest absolute Gasteiger partial charge is 0.443 e. The summed E-state index contributed by atoms with van der Waals surface area (Å²) in [6.07, 6.45) is -0.903. The summed E-state index contributed by atoms with van der Waals surface area (Å²) in [7, 11) is 0. The lowest BCUT2D eigenvalue weighted by molar-refractivity contribution is -0.104. The number of ether oxygens (including phenoxy) is 1. The van der Waals surface area contributed by atoms with Crippen LogP contribution in [0.5, 0.6) is 0 Å². The highest BCUT2D eigenvalue weighted by Crippen LogP contribution is 2.34. The van der Waals surface area contributed by atoms with Gasteiger partial charge in [0.2, 0.25) is 0 Å². The van der Waals surface area contributed by atoms with Crippen LogP contribution in [0, 0.1) is 5.82 Å². The number of hydrogen-bond donors (Lipinski definition) is 1. The molecule has 0 bridgehead atoms. The minimum absolute atomic E-state index is 0.142. The number of hydrogen-bond acceptors (Lipinski definition) is 2. The Hall–Kier alpha value is -1.72. The second-order valence-electron chi connectivity index (χ2n) is 3.47. The molecule has 16 heavy (non-hydrogen) atoms. The van der Waals surface area contributed by atoms with E-state index in [9.17, 15) is 18.0 Å². The molecule has 1 heterocycles. The van der Waals surface area contributed by atoms with Crippen molar-refractivity contribution in [1.29, 1.82) is 0 Å². The van der Waals surface area contributed by atoms with E-state index in [1.165, 1.54) is 12.1 Å². The molecule has 2 rings (SSSR count). The molecule has 1 aliphatic rings. The zero-order chi connectivity index (χ0) is 11.8. The highest BCUT2D eigenvalue weighted by atomic mass is 19.3. The Labute approximate surface area is 89.2 Å². The minimum atomic E-state index is -3.20.